The number of nitrogens with zero attached hydrogens (tertiary/aromatic N) is 2. The molecular weight excluding hydrogens is 437 g/mol. The van der Waals surface area contributed by atoms with E-state index in [9.17, 15) is 18.0 Å². The Kier molecular flexibility index (Phi) is 8.87. The molecule has 31 heavy (non-hydrogen) atoms. The van der Waals surface area contributed by atoms with Gasteiger partial charge in [0.2, 0.25) is 0 Å². The third-order valence-electron chi connectivity index (χ3n) is 5.74. The van der Waals surface area contributed by atoms with Gasteiger partial charge >= 0.3 is 12.1 Å². The highest BCUT2D eigenvalue weighted by Gasteiger charge is 2.46. The van der Waals surface area contributed by atoms with Crippen LogP contribution < -0.4 is 0 Å². The molecule has 0 radical (unpaired) electrons. The highest BCUT2D eigenvalue weighted by atomic mass is 32.1. The Bertz CT molecular complexity index is 751. The smallest absolute Gasteiger partial charge is 0.475 e. The van der Waals surface area contributed by atoms with Crippen LogP contribution in [0.25, 0.3) is 0 Å². The number of piperidine rings is 1. The minimum atomic E-state index is -5.08. The molecule has 3 atom stereocenters. The van der Waals surface area contributed by atoms with Crippen LogP contribution in [0.2, 0.25) is 0 Å². The number of amides is 1. The number of aliphatic carboxylic acids is 1. The number of fused-ring (bicyclic) bond motifs is 1. The summed E-state index contributed by atoms with van der Waals surface area (Å²) in [5.74, 6) is -2.17. The standard InChI is InChI=1S/C18H28N2O3S.C2HF3O2/c1-12-9-17(24-13(12)2)18(21)20-6-5-16(23-4)14-10-19(7-8-22-3)11-15(14)20;3-2(4,5)1(6)7/h9,14-16H,5-8,10-11H2,1-4H3;(H,6,7)/t14-,15+,16+;/m0./s1. The van der Waals surface area contributed by atoms with Crippen molar-refractivity contribution in [1.82, 2.24) is 9.80 Å². The van der Waals surface area contributed by atoms with Crippen molar-refractivity contribution >= 4 is 23.2 Å². The number of carboxylic acid groups (broad SMARTS) is 1. The molecule has 1 aromatic heterocycles. The molecule has 3 rings (SSSR count). The van der Waals surface area contributed by atoms with Crippen molar-refractivity contribution < 1.29 is 37.3 Å². The van der Waals surface area contributed by atoms with Gasteiger partial charge in [-0.1, -0.05) is 0 Å². The van der Waals surface area contributed by atoms with Crippen LogP contribution in [0.1, 0.15) is 26.5 Å². The van der Waals surface area contributed by atoms with E-state index in [0.717, 1.165) is 44.1 Å². The van der Waals surface area contributed by atoms with Gasteiger partial charge in [0.25, 0.3) is 5.91 Å². The number of aryl methyl sites for hydroxylation is 2. The Hall–Kier alpha value is -1.69. The van der Waals surface area contributed by atoms with Crippen molar-refractivity contribution in [2.45, 2.75) is 38.6 Å². The molecule has 11 heteroatoms. The van der Waals surface area contributed by atoms with Crippen LogP contribution in [-0.4, -0.2) is 92.1 Å². The van der Waals surface area contributed by atoms with Crippen LogP contribution in [0.3, 0.4) is 0 Å². The fourth-order valence-corrected chi connectivity index (χ4v) is 4.99. The largest absolute Gasteiger partial charge is 0.490 e. The van der Waals surface area contributed by atoms with Gasteiger partial charge in [0.1, 0.15) is 0 Å². The molecular formula is C20H29F3N2O5S. The molecule has 1 aromatic rings. The maximum atomic E-state index is 13.1. The Labute approximate surface area is 183 Å². The van der Waals surface area contributed by atoms with Crippen LogP contribution >= 0.6 is 11.3 Å². The molecule has 3 heterocycles. The van der Waals surface area contributed by atoms with Gasteiger partial charge in [-0.3, -0.25) is 9.69 Å². The third-order valence-corrected chi connectivity index (χ3v) is 6.88. The maximum absolute atomic E-state index is 13.1. The lowest BCUT2D eigenvalue weighted by Crippen LogP contribution is -2.53. The van der Waals surface area contributed by atoms with E-state index >= 15 is 0 Å². The van der Waals surface area contributed by atoms with Crippen molar-refractivity contribution in [2.75, 3.05) is 47.0 Å². The van der Waals surface area contributed by atoms with Crippen LogP contribution in [0.15, 0.2) is 6.07 Å². The van der Waals surface area contributed by atoms with Crippen LogP contribution in [0.4, 0.5) is 13.2 Å². The normalized spacial score (nSPS) is 23.8. The number of carbonyl (C=O) groups is 2. The summed E-state index contributed by atoms with van der Waals surface area (Å²) in [6.45, 7) is 8.49. The number of carbonyl (C=O) groups excluding carboxylic acids is 1. The number of carboxylic acids is 1. The first kappa shape index (κ1) is 25.6. The van der Waals surface area contributed by atoms with Gasteiger partial charge in [0, 0.05) is 51.2 Å². The molecule has 2 saturated heterocycles. The summed E-state index contributed by atoms with van der Waals surface area (Å²) in [6, 6.07) is 2.29. The summed E-state index contributed by atoms with van der Waals surface area (Å²) in [5, 5.41) is 7.12. The van der Waals surface area contributed by atoms with Crippen LogP contribution in [0.5, 0.6) is 0 Å². The van der Waals surface area contributed by atoms with Crippen molar-refractivity contribution in [2.24, 2.45) is 5.92 Å². The molecule has 1 N–H and O–H groups in total. The van der Waals surface area contributed by atoms with E-state index in [1.165, 1.54) is 10.4 Å². The maximum Gasteiger partial charge on any atom is 0.490 e. The second-order valence-electron chi connectivity index (χ2n) is 7.70. The molecule has 2 fully saturated rings. The molecule has 0 aromatic carbocycles. The lowest BCUT2D eigenvalue weighted by molar-refractivity contribution is -0.192. The van der Waals surface area contributed by atoms with Crippen molar-refractivity contribution in [1.29, 1.82) is 0 Å². The highest BCUT2D eigenvalue weighted by molar-refractivity contribution is 7.14. The summed E-state index contributed by atoms with van der Waals surface area (Å²) in [4.78, 5) is 28.6. The van der Waals surface area contributed by atoms with E-state index in [-0.39, 0.29) is 18.1 Å². The van der Waals surface area contributed by atoms with E-state index in [1.54, 1.807) is 25.6 Å². The summed E-state index contributed by atoms with van der Waals surface area (Å²) >= 11 is 1.62. The van der Waals surface area contributed by atoms with Gasteiger partial charge < -0.3 is 19.5 Å². The molecule has 2 aliphatic rings. The predicted octanol–water partition coefficient (Wildman–Crippen LogP) is 2.81. The Balaban J connectivity index is 0.000000423. The molecule has 0 spiro atoms. The predicted molar refractivity (Wildman–Crippen MR) is 110 cm³/mol. The first-order valence-corrected chi connectivity index (χ1v) is 10.7. The topological polar surface area (TPSA) is 79.3 Å². The molecule has 176 valence electrons. The summed E-state index contributed by atoms with van der Waals surface area (Å²) in [6.07, 6.45) is -3.91. The first-order chi connectivity index (χ1) is 14.5. The van der Waals surface area contributed by atoms with Gasteiger partial charge in [-0.2, -0.15) is 13.2 Å². The average molecular weight is 467 g/mol. The second-order valence-corrected chi connectivity index (χ2v) is 8.95. The van der Waals surface area contributed by atoms with Crippen LogP contribution in [-0.2, 0) is 14.3 Å². The molecule has 0 bridgehead atoms. The number of methoxy groups -OCH3 is 2. The van der Waals surface area contributed by atoms with Gasteiger partial charge in [-0.05, 0) is 31.9 Å². The Morgan fingerprint density at radius 3 is 2.39 bits per heavy atom. The van der Waals surface area contributed by atoms with E-state index in [4.69, 9.17) is 19.4 Å². The van der Waals surface area contributed by atoms with Crippen molar-refractivity contribution in [3.8, 4) is 0 Å². The van der Waals surface area contributed by atoms with E-state index < -0.39 is 12.1 Å². The SMILES string of the molecule is COCCN1C[C@H]2[C@@H](C1)N(C(=O)c1cc(C)c(C)s1)CC[C@H]2OC.O=C(O)C(F)(F)F. The summed E-state index contributed by atoms with van der Waals surface area (Å²) in [5.41, 5.74) is 1.21. The number of hydrogen-bond acceptors (Lipinski definition) is 6. The van der Waals surface area contributed by atoms with E-state index in [2.05, 4.69) is 23.6 Å². The number of ether oxygens (including phenoxy) is 2. The molecule has 0 unspecified atom stereocenters. The number of halogens is 3. The summed E-state index contributed by atoms with van der Waals surface area (Å²) in [7, 11) is 3.53. The molecule has 0 aliphatic carbocycles. The monoisotopic (exact) mass is 466 g/mol. The molecule has 0 saturated carbocycles. The fraction of sp³-hybridized carbons (Fsp3) is 0.700. The van der Waals surface area contributed by atoms with E-state index in [1.807, 2.05) is 6.07 Å². The zero-order valence-corrected chi connectivity index (χ0v) is 18.9. The van der Waals surface area contributed by atoms with E-state index in [0.29, 0.717) is 5.92 Å². The molecule has 7 nitrogen and oxygen atoms in total. The van der Waals surface area contributed by atoms with Gasteiger partial charge in [0.05, 0.1) is 23.6 Å². The number of likely N-dealkylation sites (tertiary alicyclic amines) is 2. The average Bonchev–Trinajstić information content (AvgIpc) is 3.28. The van der Waals surface area contributed by atoms with Crippen molar-refractivity contribution in [3.05, 3.63) is 21.4 Å². The molecule has 2 aliphatic heterocycles. The van der Waals surface area contributed by atoms with Gasteiger partial charge in [-0.25, -0.2) is 4.79 Å². The first-order valence-electron chi connectivity index (χ1n) is 9.91. The Morgan fingerprint density at radius 1 is 1.26 bits per heavy atom. The molecule has 1 amide bonds. The fourth-order valence-electron chi connectivity index (χ4n) is 4.00. The minimum absolute atomic E-state index is 0.189. The number of alkyl halides is 3. The van der Waals surface area contributed by atoms with Gasteiger partial charge in [-0.15, -0.1) is 11.3 Å². The van der Waals surface area contributed by atoms with Crippen molar-refractivity contribution in [3.63, 3.8) is 0 Å². The zero-order valence-electron chi connectivity index (χ0n) is 18.1. The summed E-state index contributed by atoms with van der Waals surface area (Å²) < 4.78 is 42.7. The quantitative estimate of drug-likeness (QED) is 0.719. The lowest BCUT2D eigenvalue weighted by Gasteiger charge is -2.41. The number of rotatable bonds is 5. The lowest BCUT2D eigenvalue weighted by atomic mass is 9.89. The van der Waals surface area contributed by atoms with Crippen LogP contribution in [0, 0.1) is 19.8 Å². The van der Waals surface area contributed by atoms with Gasteiger partial charge in [0.15, 0.2) is 0 Å². The Morgan fingerprint density at radius 2 is 1.90 bits per heavy atom. The second kappa shape index (κ2) is 10.8. The third kappa shape index (κ3) is 6.41. The zero-order chi connectivity index (χ0) is 23.3. The highest BCUT2D eigenvalue weighted by Crippen LogP contribution is 2.34. The minimum Gasteiger partial charge on any atom is -0.475 e. The number of hydrogen-bond donors (Lipinski definition) is 1. The number of thiophene rings is 1.